The second kappa shape index (κ2) is 2.99. The second-order valence-corrected chi connectivity index (χ2v) is 5.84. The Kier molecular flexibility index (Phi) is 2.48. The molecule has 0 aliphatic carbocycles. The third kappa shape index (κ3) is 1.98. The summed E-state index contributed by atoms with van der Waals surface area (Å²) in [6.45, 7) is 11.4. The van der Waals surface area contributed by atoms with Gasteiger partial charge in [0.15, 0.2) is 0 Å². The first kappa shape index (κ1) is 9.97. The SMILES string of the molecule is CC(C)(C)N1C=CSCC1(C)C. The molecule has 0 aromatic carbocycles. The van der Waals surface area contributed by atoms with Crippen molar-refractivity contribution in [2.75, 3.05) is 5.75 Å². The van der Waals surface area contributed by atoms with Gasteiger partial charge in [-0.15, -0.1) is 11.8 Å². The van der Waals surface area contributed by atoms with E-state index in [1.807, 2.05) is 11.8 Å². The highest BCUT2D eigenvalue weighted by atomic mass is 32.2. The number of rotatable bonds is 0. The molecule has 0 saturated carbocycles. The Morgan fingerprint density at radius 1 is 1.33 bits per heavy atom. The van der Waals surface area contributed by atoms with Gasteiger partial charge in [0.05, 0.1) is 0 Å². The van der Waals surface area contributed by atoms with E-state index in [1.165, 1.54) is 5.75 Å². The molecule has 1 heterocycles. The summed E-state index contributed by atoms with van der Waals surface area (Å²) in [5.41, 5.74) is 0.526. The van der Waals surface area contributed by atoms with Crippen LogP contribution in [0.15, 0.2) is 11.6 Å². The zero-order chi connectivity index (χ0) is 9.41. The van der Waals surface area contributed by atoms with E-state index < -0.39 is 0 Å². The van der Waals surface area contributed by atoms with Crippen LogP contribution in [-0.2, 0) is 0 Å². The fraction of sp³-hybridized carbons (Fsp3) is 0.800. The van der Waals surface area contributed by atoms with Crippen molar-refractivity contribution in [1.82, 2.24) is 4.90 Å². The van der Waals surface area contributed by atoms with Crippen molar-refractivity contribution in [2.24, 2.45) is 0 Å². The van der Waals surface area contributed by atoms with E-state index in [9.17, 15) is 0 Å². The highest BCUT2D eigenvalue weighted by Gasteiger charge is 2.33. The van der Waals surface area contributed by atoms with Gasteiger partial charge in [-0.25, -0.2) is 0 Å². The third-order valence-corrected chi connectivity index (χ3v) is 3.30. The van der Waals surface area contributed by atoms with Gasteiger partial charge in [0.2, 0.25) is 0 Å². The molecule has 0 aromatic rings. The van der Waals surface area contributed by atoms with Crippen molar-refractivity contribution in [1.29, 1.82) is 0 Å². The largest absolute Gasteiger partial charge is 0.366 e. The molecule has 0 aromatic heterocycles. The van der Waals surface area contributed by atoms with Crippen LogP contribution in [0, 0.1) is 0 Å². The van der Waals surface area contributed by atoms with Gasteiger partial charge in [-0.1, -0.05) is 0 Å². The van der Waals surface area contributed by atoms with Gasteiger partial charge >= 0.3 is 0 Å². The molecule has 0 spiro atoms. The maximum atomic E-state index is 2.44. The molecule has 70 valence electrons. The van der Waals surface area contributed by atoms with Crippen molar-refractivity contribution in [3.63, 3.8) is 0 Å². The summed E-state index contributed by atoms with van der Waals surface area (Å²) in [7, 11) is 0. The van der Waals surface area contributed by atoms with Crippen LogP contribution in [0.4, 0.5) is 0 Å². The number of thioether (sulfide) groups is 1. The Morgan fingerprint density at radius 3 is 2.25 bits per heavy atom. The fourth-order valence-electron chi connectivity index (χ4n) is 1.76. The summed E-state index contributed by atoms with van der Waals surface area (Å²) in [6, 6.07) is 0. The Balaban J connectivity index is 2.87. The van der Waals surface area contributed by atoms with Gasteiger partial charge in [0.1, 0.15) is 0 Å². The first-order valence-corrected chi connectivity index (χ1v) is 5.47. The molecular formula is C10H19NS. The van der Waals surface area contributed by atoms with Crippen LogP contribution in [0.1, 0.15) is 34.6 Å². The lowest BCUT2D eigenvalue weighted by molar-refractivity contribution is 0.0980. The number of hydrogen-bond donors (Lipinski definition) is 0. The lowest BCUT2D eigenvalue weighted by atomic mass is 9.97. The molecule has 1 nitrogen and oxygen atoms in total. The number of hydrogen-bond acceptors (Lipinski definition) is 2. The minimum absolute atomic E-state index is 0.237. The smallest absolute Gasteiger partial charge is 0.0439 e. The molecule has 0 bridgehead atoms. The second-order valence-electron chi connectivity index (χ2n) is 4.95. The van der Waals surface area contributed by atoms with Gasteiger partial charge in [0.25, 0.3) is 0 Å². The lowest BCUT2D eigenvalue weighted by Gasteiger charge is -2.48. The molecular weight excluding hydrogens is 166 g/mol. The zero-order valence-corrected chi connectivity index (χ0v) is 9.53. The minimum atomic E-state index is 0.237. The predicted octanol–water partition coefficient (Wildman–Crippen LogP) is 3.08. The molecule has 0 radical (unpaired) electrons. The summed E-state index contributed by atoms with van der Waals surface area (Å²) in [5, 5.41) is 2.19. The van der Waals surface area contributed by atoms with E-state index in [0.717, 1.165) is 0 Å². The molecule has 1 rings (SSSR count). The van der Waals surface area contributed by atoms with Crippen LogP contribution >= 0.6 is 11.8 Å². The molecule has 2 heteroatoms. The molecule has 0 N–H and O–H groups in total. The standard InChI is InChI=1S/C10H19NS/c1-9(2,3)11-6-7-12-8-10(11,4)5/h6-7H,8H2,1-5H3. The first-order chi connectivity index (χ1) is 5.34. The van der Waals surface area contributed by atoms with Gasteiger partial charge in [-0.2, -0.15) is 0 Å². The highest BCUT2D eigenvalue weighted by molar-refractivity contribution is 8.02. The third-order valence-electron chi connectivity index (χ3n) is 2.12. The van der Waals surface area contributed by atoms with E-state index >= 15 is 0 Å². The quantitative estimate of drug-likeness (QED) is 0.570. The van der Waals surface area contributed by atoms with Crippen LogP contribution in [0.5, 0.6) is 0 Å². The molecule has 1 aliphatic rings. The maximum Gasteiger partial charge on any atom is 0.0439 e. The van der Waals surface area contributed by atoms with Crippen molar-refractivity contribution in [2.45, 2.75) is 45.7 Å². The lowest BCUT2D eigenvalue weighted by Crippen LogP contribution is -2.53. The monoisotopic (exact) mass is 185 g/mol. The van der Waals surface area contributed by atoms with Crippen LogP contribution < -0.4 is 0 Å². The Bertz CT molecular complexity index is 189. The van der Waals surface area contributed by atoms with E-state index in [0.29, 0.717) is 0 Å². The van der Waals surface area contributed by atoms with Crippen LogP contribution in [0.2, 0.25) is 0 Å². The van der Waals surface area contributed by atoms with Gasteiger partial charge in [-0.05, 0) is 40.0 Å². The number of nitrogens with zero attached hydrogens (tertiary/aromatic N) is 1. The van der Waals surface area contributed by atoms with Crippen molar-refractivity contribution >= 4 is 11.8 Å². The molecule has 1 aliphatic heterocycles. The molecule has 0 unspecified atom stereocenters. The molecule has 0 saturated heterocycles. The van der Waals surface area contributed by atoms with Gasteiger partial charge in [-0.3, -0.25) is 0 Å². The summed E-state index contributed by atoms with van der Waals surface area (Å²) < 4.78 is 0. The zero-order valence-electron chi connectivity index (χ0n) is 8.72. The molecule has 0 atom stereocenters. The van der Waals surface area contributed by atoms with E-state index in [2.05, 4.69) is 51.1 Å². The Hall–Kier alpha value is -0.110. The summed E-state index contributed by atoms with van der Waals surface area (Å²) in [6.07, 6.45) is 2.22. The fourth-order valence-corrected chi connectivity index (χ4v) is 2.61. The van der Waals surface area contributed by atoms with Crippen molar-refractivity contribution in [3.05, 3.63) is 11.6 Å². The first-order valence-electron chi connectivity index (χ1n) is 4.42. The van der Waals surface area contributed by atoms with Crippen LogP contribution in [0.25, 0.3) is 0 Å². The normalized spacial score (nSPS) is 22.9. The summed E-state index contributed by atoms with van der Waals surface area (Å²) in [4.78, 5) is 2.44. The molecule has 0 amide bonds. The Labute approximate surface area is 80.2 Å². The van der Waals surface area contributed by atoms with Crippen molar-refractivity contribution in [3.8, 4) is 0 Å². The highest BCUT2D eigenvalue weighted by Crippen LogP contribution is 2.32. The van der Waals surface area contributed by atoms with E-state index in [4.69, 9.17) is 0 Å². The Morgan fingerprint density at radius 2 is 1.92 bits per heavy atom. The minimum Gasteiger partial charge on any atom is -0.366 e. The van der Waals surface area contributed by atoms with Gasteiger partial charge in [0, 0.05) is 23.0 Å². The van der Waals surface area contributed by atoms with Crippen LogP contribution in [-0.4, -0.2) is 21.7 Å². The molecule has 0 fully saturated rings. The van der Waals surface area contributed by atoms with Crippen LogP contribution in [0.3, 0.4) is 0 Å². The topological polar surface area (TPSA) is 3.24 Å². The van der Waals surface area contributed by atoms with E-state index in [-0.39, 0.29) is 11.1 Å². The summed E-state index contributed by atoms with van der Waals surface area (Å²) >= 11 is 1.90. The van der Waals surface area contributed by atoms with Gasteiger partial charge < -0.3 is 4.90 Å². The van der Waals surface area contributed by atoms with Crippen molar-refractivity contribution < 1.29 is 0 Å². The average Bonchev–Trinajstić information content (AvgIpc) is 1.83. The maximum absolute atomic E-state index is 2.44. The predicted molar refractivity (Wildman–Crippen MR) is 57.3 cm³/mol. The van der Waals surface area contributed by atoms with E-state index in [1.54, 1.807) is 0 Å². The molecule has 12 heavy (non-hydrogen) atoms. The summed E-state index contributed by atoms with van der Waals surface area (Å²) in [5.74, 6) is 1.18. The average molecular weight is 185 g/mol.